The number of rotatable bonds is 8. The second-order valence-electron chi connectivity index (χ2n) is 7.20. The highest BCUT2D eigenvalue weighted by molar-refractivity contribution is 5.81. The van der Waals surface area contributed by atoms with E-state index in [0.29, 0.717) is 35.7 Å². The molecular formula is C23H26N4O5. The number of nitrogen functional groups attached to an aromatic ring is 2. The second kappa shape index (κ2) is 9.42. The van der Waals surface area contributed by atoms with Crippen LogP contribution in [0.1, 0.15) is 27.2 Å². The zero-order valence-corrected chi connectivity index (χ0v) is 18.1. The largest absolute Gasteiger partial charge is 0.508 e. The normalized spacial score (nSPS) is 11.7. The summed E-state index contributed by atoms with van der Waals surface area (Å²) in [5.74, 6) is 0.893. The summed E-state index contributed by atoms with van der Waals surface area (Å²) in [6, 6.07) is 10.0. The van der Waals surface area contributed by atoms with Gasteiger partial charge in [0.1, 0.15) is 28.8 Å². The summed E-state index contributed by atoms with van der Waals surface area (Å²) in [4.78, 5) is 30.5. The van der Waals surface area contributed by atoms with Crippen LogP contribution < -0.4 is 26.5 Å². The van der Waals surface area contributed by atoms with E-state index in [1.807, 2.05) is 13.8 Å². The Labute approximate surface area is 185 Å². The number of hydrogen-bond acceptors (Lipinski definition) is 8. The lowest BCUT2D eigenvalue weighted by Gasteiger charge is -2.16. The Balaban J connectivity index is 2.05. The second-order valence-corrected chi connectivity index (χ2v) is 7.20. The van der Waals surface area contributed by atoms with E-state index < -0.39 is 11.7 Å². The van der Waals surface area contributed by atoms with Crippen LogP contribution in [0.2, 0.25) is 0 Å². The molecule has 1 heterocycles. The Morgan fingerprint density at radius 2 is 1.91 bits per heavy atom. The Morgan fingerprint density at radius 3 is 2.53 bits per heavy atom. The molecule has 0 spiro atoms. The van der Waals surface area contributed by atoms with Crippen LogP contribution in [0.3, 0.4) is 0 Å². The topological polar surface area (TPSA) is 154 Å². The maximum atomic E-state index is 12.0. The average molecular weight is 438 g/mol. The molecular weight excluding hydrogens is 412 g/mol. The molecule has 0 bridgehead atoms. The number of ether oxygens (including phenoxy) is 2. The number of aromatic hydroxyl groups is 1. The molecule has 0 aliphatic carbocycles. The highest BCUT2D eigenvalue weighted by Gasteiger charge is 2.17. The van der Waals surface area contributed by atoms with Crippen molar-refractivity contribution in [2.45, 2.75) is 33.3 Å². The molecule has 0 aliphatic rings. The zero-order chi connectivity index (χ0) is 23.4. The molecule has 2 aromatic carbocycles. The maximum Gasteiger partial charge on any atom is 0.276 e. The van der Waals surface area contributed by atoms with Crippen molar-refractivity contribution in [3.05, 3.63) is 46.8 Å². The predicted molar refractivity (Wildman–Crippen MR) is 123 cm³/mol. The van der Waals surface area contributed by atoms with Gasteiger partial charge in [-0.05, 0) is 55.7 Å². The van der Waals surface area contributed by atoms with E-state index in [-0.39, 0.29) is 28.9 Å². The van der Waals surface area contributed by atoms with Gasteiger partial charge in [-0.15, -0.1) is 0 Å². The third-order valence-electron chi connectivity index (χ3n) is 4.85. The lowest BCUT2D eigenvalue weighted by atomic mass is 10.0. The first-order valence-electron chi connectivity index (χ1n) is 10.2. The van der Waals surface area contributed by atoms with Crippen LogP contribution in [-0.2, 0) is 4.79 Å². The summed E-state index contributed by atoms with van der Waals surface area (Å²) in [6.45, 7) is 5.52. The molecule has 1 aromatic heterocycles. The first-order chi connectivity index (χ1) is 15.2. The SMILES string of the molecule is CCOc1cc(-c2cc(O)cc(OC(CC)C(C)=O)c2)ccc1-c1nc(N)c(N)c(=O)[nH]1. The van der Waals surface area contributed by atoms with Gasteiger partial charge in [0.05, 0.1) is 12.2 Å². The van der Waals surface area contributed by atoms with Crippen LogP contribution in [-0.4, -0.2) is 33.6 Å². The Morgan fingerprint density at radius 1 is 1.16 bits per heavy atom. The average Bonchev–Trinajstić information content (AvgIpc) is 2.75. The molecule has 9 nitrogen and oxygen atoms in total. The molecule has 32 heavy (non-hydrogen) atoms. The number of ketones is 1. The summed E-state index contributed by atoms with van der Waals surface area (Å²) in [7, 11) is 0. The van der Waals surface area contributed by atoms with Gasteiger partial charge in [0.2, 0.25) is 0 Å². The van der Waals surface area contributed by atoms with E-state index >= 15 is 0 Å². The predicted octanol–water partition coefficient (Wildman–Crippen LogP) is 3.12. The van der Waals surface area contributed by atoms with Gasteiger partial charge in [-0.3, -0.25) is 9.59 Å². The number of carbonyl (C=O) groups excluding carboxylic acids is 1. The van der Waals surface area contributed by atoms with E-state index in [4.69, 9.17) is 20.9 Å². The molecule has 0 amide bonds. The highest BCUT2D eigenvalue weighted by atomic mass is 16.5. The fourth-order valence-corrected chi connectivity index (χ4v) is 3.24. The van der Waals surface area contributed by atoms with Gasteiger partial charge < -0.3 is 31.0 Å². The Kier molecular flexibility index (Phi) is 6.67. The highest BCUT2D eigenvalue weighted by Crippen LogP contribution is 2.36. The molecule has 6 N–H and O–H groups in total. The number of benzene rings is 2. The lowest BCUT2D eigenvalue weighted by Crippen LogP contribution is -2.23. The molecule has 9 heteroatoms. The number of phenols is 1. The smallest absolute Gasteiger partial charge is 0.276 e. The number of H-pyrrole nitrogens is 1. The van der Waals surface area contributed by atoms with Gasteiger partial charge in [-0.25, -0.2) is 4.98 Å². The van der Waals surface area contributed by atoms with Crippen LogP contribution >= 0.6 is 0 Å². The van der Waals surface area contributed by atoms with Crippen molar-refractivity contribution >= 4 is 17.3 Å². The number of carbonyl (C=O) groups is 1. The number of Topliss-reactive ketones (excluding diaryl/α,β-unsaturated/α-hetero) is 1. The van der Waals surface area contributed by atoms with Crippen LogP contribution in [0.4, 0.5) is 11.5 Å². The fourth-order valence-electron chi connectivity index (χ4n) is 3.24. The van der Waals surface area contributed by atoms with Crippen molar-refractivity contribution in [2.75, 3.05) is 18.1 Å². The van der Waals surface area contributed by atoms with Gasteiger partial charge in [-0.1, -0.05) is 13.0 Å². The molecule has 0 aliphatic heterocycles. The van der Waals surface area contributed by atoms with Crippen molar-refractivity contribution in [1.29, 1.82) is 0 Å². The number of nitrogens with one attached hydrogen (secondary N) is 1. The summed E-state index contributed by atoms with van der Waals surface area (Å²) < 4.78 is 11.5. The van der Waals surface area contributed by atoms with Gasteiger partial charge in [-0.2, -0.15) is 0 Å². The van der Waals surface area contributed by atoms with Crippen LogP contribution in [0.25, 0.3) is 22.5 Å². The number of aromatic amines is 1. The minimum absolute atomic E-state index is 0.00440. The van der Waals surface area contributed by atoms with Crippen LogP contribution in [0.15, 0.2) is 41.2 Å². The summed E-state index contributed by atoms with van der Waals surface area (Å²) in [6.07, 6.45) is -0.0794. The van der Waals surface area contributed by atoms with Crippen molar-refractivity contribution in [1.82, 2.24) is 9.97 Å². The van der Waals surface area contributed by atoms with E-state index in [0.717, 1.165) is 5.56 Å². The number of hydrogen-bond donors (Lipinski definition) is 4. The van der Waals surface area contributed by atoms with Crippen molar-refractivity contribution in [3.8, 4) is 39.8 Å². The molecule has 3 aromatic rings. The van der Waals surface area contributed by atoms with Crippen molar-refractivity contribution in [3.63, 3.8) is 0 Å². The van der Waals surface area contributed by atoms with E-state index in [2.05, 4.69) is 9.97 Å². The minimum Gasteiger partial charge on any atom is -0.508 e. The number of nitrogens with two attached hydrogens (primary N) is 2. The van der Waals surface area contributed by atoms with Crippen LogP contribution in [0, 0.1) is 0 Å². The lowest BCUT2D eigenvalue weighted by molar-refractivity contribution is -0.123. The number of anilines is 2. The summed E-state index contributed by atoms with van der Waals surface area (Å²) in [5, 5.41) is 10.2. The van der Waals surface area contributed by atoms with Gasteiger partial charge in [0, 0.05) is 6.07 Å². The fraction of sp³-hybridized carbons (Fsp3) is 0.261. The molecule has 0 fully saturated rings. The summed E-state index contributed by atoms with van der Waals surface area (Å²) >= 11 is 0. The Bertz CT molecular complexity index is 1210. The first kappa shape index (κ1) is 22.7. The number of aromatic nitrogens is 2. The molecule has 168 valence electrons. The van der Waals surface area contributed by atoms with Gasteiger partial charge >= 0.3 is 0 Å². The van der Waals surface area contributed by atoms with Gasteiger partial charge in [0.25, 0.3) is 5.56 Å². The van der Waals surface area contributed by atoms with E-state index in [9.17, 15) is 14.7 Å². The molecule has 0 saturated carbocycles. The minimum atomic E-state index is -0.593. The monoisotopic (exact) mass is 438 g/mol. The van der Waals surface area contributed by atoms with Gasteiger partial charge in [0.15, 0.2) is 17.7 Å². The molecule has 0 radical (unpaired) electrons. The summed E-state index contributed by atoms with van der Waals surface area (Å²) in [5.41, 5.74) is 12.6. The maximum absolute atomic E-state index is 12.0. The number of nitrogens with zero attached hydrogens (tertiary/aromatic N) is 1. The zero-order valence-electron chi connectivity index (χ0n) is 18.1. The number of phenolic OH excluding ortho intramolecular Hbond substituents is 1. The molecule has 1 unspecified atom stereocenters. The quantitative estimate of drug-likeness (QED) is 0.418. The third kappa shape index (κ3) is 4.83. The third-order valence-corrected chi connectivity index (χ3v) is 4.85. The Hall–Kier alpha value is -4.01. The molecule has 3 rings (SSSR count). The van der Waals surface area contributed by atoms with E-state index in [1.165, 1.54) is 13.0 Å². The molecule has 1 atom stereocenters. The first-order valence-corrected chi connectivity index (χ1v) is 10.2. The standard InChI is InChI=1S/C23H26N4O5/c1-4-18(12(3)28)32-16-9-14(8-15(29)11-16)13-6-7-17(19(10-13)31-5-2)22-26-21(25)20(24)23(30)27-22/h6-11,18,29H,4-5,24H2,1-3H3,(H3,25,26,27,30). The van der Waals surface area contributed by atoms with Crippen molar-refractivity contribution < 1.29 is 19.4 Å². The van der Waals surface area contributed by atoms with E-state index in [1.54, 1.807) is 30.3 Å². The van der Waals surface area contributed by atoms with Crippen LogP contribution in [0.5, 0.6) is 17.2 Å². The van der Waals surface area contributed by atoms with Crippen molar-refractivity contribution in [2.24, 2.45) is 0 Å². The molecule has 0 saturated heterocycles.